The summed E-state index contributed by atoms with van der Waals surface area (Å²) in [5.74, 6) is 1.51. The van der Waals surface area contributed by atoms with Crippen LogP contribution < -0.4 is 0 Å². The molecule has 0 N–H and O–H groups in total. The number of hydrogen-bond acceptors (Lipinski definition) is 1. The molecule has 2 rings (SSSR count). The fourth-order valence-electron chi connectivity index (χ4n) is 2.13. The van der Waals surface area contributed by atoms with Gasteiger partial charge in [-0.05, 0) is 24.7 Å². The van der Waals surface area contributed by atoms with E-state index in [0.717, 1.165) is 11.8 Å². The van der Waals surface area contributed by atoms with Crippen molar-refractivity contribution >= 4 is 12.6 Å². The molecule has 3 atom stereocenters. The fourth-order valence-corrected chi connectivity index (χ4v) is 2.63. The second kappa shape index (κ2) is 3.06. The Bertz CT molecular complexity index is 193. The van der Waals surface area contributed by atoms with Gasteiger partial charge in [0.25, 0.3) is 0 Å². The maximum Gasteiger partial charge on any atom is 0.00853 e. The molecule has 11 heavy (non-hydrogen) atoms. The molecule has 1 saturated carbocycles. The molecule has 0 aliphatic heterocycles. The van der Waals surface area contributed by atoms with Gasteiger partial charge in [-0.1, -0.05) is 30.7 Å². The number of hydrogen-bond donors (Lipinski definition) is 1. The summed E-state index contributed by atoms with van der Waals surface area (Å²) < 4.78 is 0. The Kier molecular flexibility index (Phi) is 2.08. The summed E-state index contributed by atoms with van der Waals surface area (Å²) in [6.07, 6.45) is 13.0. The van der Waals surface area contributed by atoms with Crippen LogP contribution in [0, 0.1) is 11.8 Å². The molecule has 0 spiro atoms. The predicted octanol–water partition coefficient (Wildman–Crippen LogP) is 2.83. The summed E-state index contributed by atoms with van der Waals surface area (Å²) >= 11 is 4.60. The molecule has 0 aromatic heterocycles. The van der Waals surface area contributed by atoms with Crippen LogP contribution in [-0.2, 0) is 0 Å². The van der Waals surface area contributed by atoms with Crippen LogP contribution in [0.25, 0.3) is 0 Å². The monoisotopic (exact) mass is 166 g/mol. The molecule has 3 unspecified atom stereocenters. The number of rotatable bonds is 0. The molecule has 1 fully saturated rings. The van der Waals surface area contributed by atoms with Gasteiger partial charge in [0.2, 0.25) is 0 Å². The van der Waals surface area contributed by atoms with Crippen molar-refractivity contribution in [2.45, 2.75) is 24.5 Å². The van der Waals surface area contributed by atoms with E-state index in [4.69, 9.17) is 0 Å². The highest BCUT2D eigenvalue weighted by molar-refractivity contribution is 7.81. The molecule has 0 nitrogen and oxygen atoms in total. The van der Waals surface area contributed by atoms with Gasteiger partial charge in [-0.2, -0.15) is 12.6 Å². The summed E-state index contributed by atoms with van der Waals surface area (Å²) in [5.41, 5.74) is 0. The van der Waals surface area contributed by atoms with Crippen molar-refractivity contribution in [1.82, 2.24) is 0 Å². The lowest BCUT2D eigenvalue weighted by Gasteiger charge is -2.33. The van der Waals surface area contributed by atoms with Crippen molar-refractivity contribution in [3.05, 3.63) is 24.3 Å². The standard InChI is InChI=1S/C10H14S/c11-10-7-3-5-8-4-1-2-6-9(8)10/h1-2,4,6,8-11H,3,5,7H2. The molecule has 0 bridgehead atoms. The first-order valence-electron chi connectivity index (χ1n) is 4.41. The summed E-state index contributed by atoms with van der Waals surface area (Å²) in [7, 11) is 0. The highest BCUT2D eigenvalue weighted by Gasteiger charge is 2.28. The zero-order valence-electron chi connectivity index (χ0n) is 6.61. The van der Waals surface area contributed by atoms with Crippen LogP contribution in [0.5, 0.6) is 0 Å². The second-order valence-electron chi connectivity index (χ2n) is 3.51. The Morgan fingerprint density at radius 3 is 2.73 bits per heavy atom. The average Bonchev–Trinajstić information content (AvgIpc) is 2.06. The molecule has 2 aliphatic rings. The lowest BCUT2D eigenvalue weighted by Crippen LogP contribution is -2.27. The smallest absolute Gasteiger partial charge is 0.00853 e. The molecular formula is C10H14S. The highest BCUT2D eigenvalue weighted by atomic mass is 32.1. The van der Waals surface area contributed by atoms with Crippen molar-refractivity contribution in [3.63, 3.8) is 0 Å². The van der Waals surface area contributed by atoms with Gasteiger partial charge < -0.3 is 0 Å². The Morgan fingerprint density at radius 1 is 1.09 bits per heavy atom. The predicted molar refractivity (Wildman–Crippen MR) is 51.9 cm³/mol. The van der Waals surface area contributed by atoms with Crippen molar-refractivity contribution in [2.24, 2.45) is 11.8 Å². The summed E-state index contributed by atoms with van der Waals surface area (Å²) in [5, 5.41) is 0.606. The van der Waals surface area contributed by atoms with Gasteiger partial charge >= 0.3 is 0 Å². The van der Waals surface area contributed by atoms with E-state index in [1.54, 1.807) is 0 Å². The minimum Gasteiger partial charge on any atom is -0.175 e. The molecule has 0 heterocycles. The molecule has 0 saturated heterocycles. The van der Waals surface area contributed by atoms with E-state index in [0.29, 0.717) is 5.25 Å². The van der Waals surface area contributed by atoms with E-state index in [1.165, 1.54) is 19.3 Å². The SMILES string of the molecule is SC1CCCC2C=CC=CC12. The second-order valence-corrected chi connectivity index (χ2v) is 4.17. The lowest BCUT2D eigenvalue weighted by molar-refractivity contribution is 0.346. The lowest BCUT2D eigenvalue weighted by atomic mass is 9.77. The third-order valence-electron chi connectivity index (χ3n) is 2.78. The molecule has 0 amide bonds. The van der Waals surface area contributed by atoms with E-state index in [2.05, 4.69) is 36.9 Å². The Balaban J connectivity index is 2.14. The molecule has 1 heteroatoms. The topological polar surface area (TPSA) is 0 Å². The van der Waals surface area contributed by atoms with Crippen LogP contribution in [0.15, 0.2) is 24.3 Å². The van der Waals surface area contributed by atoms with Crippen LogP contribution in [0.4, 0.5) is 0 Å². The van der Waals surface area contributed by atoms with E-state index < -0.39 is 0 Å². The van der Waals surface area contributed by atoms with Crippen LogP contribution in [-0.4, -0.2) is 5.25 Å². The molecule has 0 radical (unpaired) electrons. The van der Waals surface area contributed by atoms with E-state index in [1.807, 2.05) is 0 Å². The van der Waals surface area contributed by atoms with E-state index in [9.17, 15) is 0 Å². The van der Waals surface area contributed by atoms with Crippen molar-refractivity contribution in [2.75, 3.05) is 0 Å². The van der Waals surface area contributed by atoms with Crippen LogP contribution in [0.2, 0.25) is 0 Å². The third-order valence-corrected chi connectivity index (χ3v) is 3.38. The van der Waals surface area contributed by atoms with Gasteiger partial charge in [-0.25, -0.2) is 0 Å². The van der Waals surface area contributed by atoms with Crippen molar-refractivity contribution in [1.29, 1.82) is 0 Å². The highest BCUT2D eigenvalue weighted by Crippen LogP contribution is 2.36. The first-order chi connectivity index (χ1) is 5.38. The van der Waals surface area contributed by atoms with Gasteiger partial charge in [0.1, 0.15) is 0 Å². The number of fused-ring (bicyclic) bond motifs is 1. The fraction of sp³-hybridized carbons (Fsp3) is 0.600. The largest absolute Gasteiger partial charge is 0.175 e. The van der Waals surface area contributed by atoms with Crippen molar-refractivity contribution in [3.8, 4) is 0 Å². The quantitative estimate of drug-likeness (QED) is 0.526. The van der Waals surface area contributed by atoms with Gasteiger partial charge in [-0.15, -0.1) is 0 Å². The van der Waals surface area contributed by atoms with Gasteiger partial charge in [-0.3, -0.25) is 0 Å². The Morgan fingerprint density at radius 2 is 1.91 bits per heavy atom. The van der Waals surface area contributed by atoms with E-state index in [-0.39, 0.29) is 0 Å². The number of allylic oxidation sites excluding steroid dienone is 4. The van der Waals surface area contributed by atoms with Crippen LogP contribution >= 0.6 is 12.6 Å². The van der Waals surface area contributed by atoms with Gasteiger partial charge in [0.15, 0.2) is 0 Å². The molecular weight excluding hydrogens is 152 g/mol. The average molecular weight is 166 g/mol. The Hall–Kier alpha value is -0.170. The third kappa shape index (κ3) is 1.39. The maximum atomic E-state index is 4.60. The zero-order valence-corrected chi connectivity index (χ0v) is 7.50. The zero-order chi connectivity index (χ0) is 7.68. The summed E-state index contributed by atoms with van der Waals surface area (Å²) in [6, 6.07) is 0. The summed E-state index contributed by atoms with van der Waals surface area (Å²) in [6.45, 7) is 0. The van der Waals surface area contributed by atoms with Gasteiger partial charge in [0, 0.05) is 5.25 Å². The first-order valence-corrected chi connectivity index (χ1v) is 4.92. The molecule has 0 aromatic carbocycles. The van der Waals surface area contributed by atoms with E-state index >= 15 is 0 Å². The van der Waals surface area contributed by atoms with Gasteiger partial charge in [0.05, 0.1) is 0 Å². The van der Waals surface area contributed by atoms with Crippen LogP contribution in [0.1, 0.15) is 19.3 Å². The molecule has 60 valence electrons. The minimum atomic E-state index is 0.606. The van der Waals surface area contributed by atoms with Crippen LogP contribution in [0.3, 0.4) is 0 Å². The first kappa shape index (κ1) is 7.48. The minimum absolute atomic E-state index is 0.606. The molecule has 2 aliphatic carbocycles. The normalized spacial score (nSPS) is 42.1. The summed E-state index contributed by atoms with van der Waals surface area (Å²) in [4.78, 5) is 0. The van der Waals surface area contributed by atoms with Crippen molar-refractivity contribution < 1.29 is 0 Å². The molecule has 0 aromatic rings. The number of thiol groups is 1. The maximum absolute atomic E-state index is 4.60. The Labute approximate surface area is 73.8 Å².